The molecule has 0 atom stereocenters. The molecule has 0 amide bonds. The van der Waals surface area contributed by atoms with E-state index in [1.54, 1.807) is 6.07 Å². The van der Waals surface area contributed by atoms with Crippen molar-refractivity contribution < 1.29 is 13.7 Å². The van der Waals surface area contributed by atoms with E-state index in [0.717, 1.165) is 0 Å². The van der Waals surface area contributed by atoms with Crippen LogP contribution >= 0.6 is 0 Å². The van der Waals surface area contributed by atoms with E-state index < -0.39 is 22.2 Å². The third kappa shape index (κ3) is 1.70. The Labute approximate surface area is 60.4 Å². The van der Waals surface area contributed by atoms with E-state index in [1.807, 2.05) is 0 Å². The maximum Gasteiger partial charge on any atom is 0.275 e. The molecular formula is C6H2F2NO2. The Bertz CT molecular complexity index is 280. The molecule has 0 aliphatic carbocycles. The largest absolute Gasteiger partial charge is 0.275 e. The van der Waals surface area contributed by atoms with Crippen LogP contribution in [0.2, 0.25) is 0 Å². The minimum Gasteiger partial charge on any atom is -0.258 e. The summed E-state index contributed by atoms with van der Waals surface area (Å²) in [6.07, 6.45) is 0. The van der Waals surface area contributed by atoms with Gasteiger partial charge in [0.05, 0.1) is 23.1 Å². The van der Waals surface area contributed by atoms with Crippen molar-refractivity contribution in [2.75, 3.05) is 0 Å². The predicted octanol–water partition coefficient (Wildman–Crippen LogP) is 1.67. The Morgan fingerprint density at radius 1 is 1.36 bits per heavy atom. The zero-order valence-electron chi connectivity index (χ0n) is 5.17. The van der Waals surface area contributed by atoms with E-state index in [2.05, 4.69) is 0 Å². The molecule has 0 aliphatic heterocycles. The van der Waals surface area contributed by atoms with Crippen LogP contribution < -0.4 is 0 Å². The molecule has 1 aromatic rings. The third-order valence-corrected chi connectivity index (χ3v) is 0.999. The molecule has 1 aromatic carbocycles. The quantitative estimate of drug-likeness (QED) is 0.460. The van der Waals surface area contributed by atoms with E-state index in [4.69, 9.17) is 0 Å². The van der Waals surface area contributed by atoms with Gasteiger partial charge in [0, 0.05) is 0 Å². The number of rotatable bonds is 1. The maximum atomic E-state index is 12.2. The molecule has 0 saturated heterocycles. The number of non-ortho nitro benzene ring substituents is 1. The standard InChI is InChI=1S/C6H2F2NO2/c7-4-1-5(8)3-6(2-4)9(10)11/h2-3H. The molecule has 0 aromatic heterocycles. The van der Waals surface area contributed by atoms with Gasteiger partial charge < -0.3 is 0 Å². The predicted molar refractivity (Wildman–Crippen MR) is 31.8 cm³/mol. The van der Waals surface area contributed by atoms with Gasteiger partial charge in [-0.25, -0.2) is 8.78 Å². The number of nitrogens with zero attached hydrogens (tertiary/aromatic N) is 1. The second-order valence-corrected chi connectivity index (χ2v) is 1.79. The second kappa shape index (κ2) is 2.61. The summed E-state index contributed by atoms with van der Waals surface area (Å²) < 4.78 is 24.4. The molecule has 5 heteroatoms. The fourth-order valence-electron chi connectivity index (χ4n) is 0.593. The molecule has 0 saturated carbocycles. The van der Waals surface area contributed by atoms with E-state index in [9.17, 15) is 18.9 Å². The molecule has 11 heavy (non-hydrogen) atoms. The molecule has 0 heterocycles. The van der Waals surface area contributed by atoms with Gasteiger partial charge in [0.2, 0.25) is 0 Å². The SMILES string of the molecule is O=[N+]([O-])c1cc(F)[c]c(F)c1. The van der Waals surface area contributed by atoms with Crippen molar-refractivity contribution in [2.24, 2.45) is 0 Å². The lowest BCUT2D eigenvalue weighted by atomic mass is 10.3. The van der Waals surface area contributed by atoms with Crippen LogP contribution in [-0.4, -0.2) is 4.92 Å². The molecule has 0 aliphatic rings. The highest BCUT2D eigenvalue weighted by Gasteiger charge is 2.09. The van der Waals surface area contributed by atoms with Crippen LogP contribution in [-0.2, 0) is 0 Å². The van der Waals surface area contributed by atoms with Crippen molar-refractivity contribution in [3.8, 4) is 0 Å². The van der Waals surface area contributed by atoms with Gasteiger partial charge in [-0.05, 0) is 0 Å². The van der Waals surface area contributed by atoms with Crippen LogP contribution in [0.5, 0.6) is 0 Å². The Morgan fingerprint density at radius 2 is 1.82 bits per heavy atom. The first-order valence-electron chi connectivity index (χ1n) is 2.62. The zero-order valence-corrected chi connectivity index (χ0v) is 5.17. The average Bonchev–Trinajstić information content (AvgIpc) is 1.85. The molecule has 1 rings (SSSR count). The smallest absolute Gasteiger partial charge is 0.258 e. The molecule has 0 fully saturated rings. The normalized spacial score (nSPS) is 9.64. The van der Waals surface area contributed by atoms with Crippen molar-refractivity contribution in [2.45, 2.75) is 0 Å². The van der Waals surface area contributed by atoms with Crippen molar-refractivity contribution >= 4 is 5.69 Å². The summed E-state index contributed by atoms with van der Waals surface area (Å²) in [4.78, 5) is 9.09. The summed E-state index contributed by atoms with van der Waals surface area (Å²) in [6, 6.07) is 2.83. The lowest BCUT2D eigenvalue weighted by Crippen LogP contribution is -1.90. The molecule has 0 bridgehead atoms. The summed E-state index contributed by atoms with van der Waals surface area (Å²) in [7, 11) is 0. The number of hydrogen-bond donors (Lipinski definition) is 0. The van der Waals surface area contributed by atoms with Crippen LogP contribution in [0.25, 0.3) is 0 Å². The summed E-state index contributed by atoms with van der Waals surface area (Å²) in [5, 5.41) is 9.96. The summed E-state index contributed by atoms with van der Waals surface area (Å²) in [5.41, 5.74) is -0.612. The lowest BCUT2D eigenvalue weighted by Gasteiger charge is -1.90. The number of halogens is 2. The zero-order chi connectivity index (χ0) is 8.43. The van der Waals surface area contributed by atoms with Gasteiger partial charge in [-0.15, -0.1) is 0 Å². The monoisotopic (exact) mass is 158 g/mol. The fourth-order valence-corrected chi connectivity index (χ4v) is 0.593. The van der Waals surface area contributed by atoms with Crippen molar-refractivity contribution in [1.29, 1.82) is 0 Å². The van der Waals surface area contributed by atoms with Crippen LogP contribution in [0.15, 0.2) is 12.1 Å². The number of benzene rings is 1. The van der Waals surface area contributed by atoms with Crippen molar-refractivity contribution in [1.82, 2.24) is 0 Å². The van der Waals surface area contributed by atoms with E-state index in [0.29, 0.717) is 12.1 Å². The highest BCUT2D eigenvalue weighted by atomic mass is 19.1. The van der Waals surface area contributed by atoms with Crippen molar-refractivity contribution in [3.05, 3.63) is 39.9 Å². The van der Waals surface area contributed by atoms with Crippen LogP contribution in [0.4, 0.5) is 14.5 Å². The van der Waals surface area contributed by atoms with Gasteiger partial charge in [0.25, 0.3) is 5.69 Å². The number of hydrogen-bond acceptors (Lipinski definition) is 2. The van der Waals surface area contributed by atoms with Gasteiger partial charge in [-0.3, -0.25) is 10.1 Å². The molecule has 0 unspecified atom stereocenters. The molecule has 3 nitrogen and oxygen atoms in total. The highest BCUT2D eigenvalue weighted by molar-refractivity contribution is 5.29. The first-order chi connectivity index (χ1) is 5.09. The Hall–Kier alpha value is -1.52. The van der Waals surface area contributed by atoms with E-state index in [-0.39, 0.29) is 0 Å². The van der Waals surface area contributed by atoms with Gasteiger partial charge in [-0.2, -0.15) is 0 Å². The van der Waals surface area contributed by atoms with Crippen molar-refractivity contribution in [3.63, 3.8) is 0 Å². The lowest BCUT2D eigenvalue weighted by molar-refractivity contribution is -0.385. The summed E-state index contributed by atoms with van der Waals surface area (Å²) in [6.45, 7) is 0. The minimum absolute atomic E-state index is 0.600. The van der Waals surface area contributed by atoms with Gasteiger partial charge in [0.15, 0.2) is 0 Å². The van der Waals surface area contributed by atoms with E-state index in [1.165, 1.54) is 0 Å². The fraction of sp³-hybridized carbons (Fsp3) is 0. The minimum atomic E-state index is -1.07. The van der Waals surface area contributed by atoms with Gasteiger partial charge in [-0.1, -0.05) is 0 Å². The highest BCUT2D eigenvalue weighted by Crippen LogP contribution is 2.13. The van der Waals surface area contributed by atoms with Crippen LogP contribution in [0.1, 0.15) is 0 Å². The van der Waals surface area contributed by atoms with E-state index >= 15 is 0 Å². The molecule has 1 radical (unpaired) electrons. The van der Waals surface area contributed by atoms with Gasteiger partial charge >= 0.3 is 0 Å². The van der Waals surface area contributed by atoms with Crippen LogP contribution in [0.3, 0.4) is 0 Å². The number of nitro benzene ring substituents is 1. The second-order valence-electron chi connectivity index (χ2n) is 1.79. The summed E-state index contributed by atoms with van der Waals surface area (Å²) >= 11 is 0. The average molecular weight is 158 g/mol. The first kappa shape index (κ1) is 7.59. The van der Waals surface area contributed by atoms with Gasteiger partial charge in [0.1, 0.15) is 11.6 Å². The number of nitro groups is 1. The maximum absolute atomic E-state index is 12.2. The Kier molecular flexibility index (Phi) is 1.80. The Morgan fingerprint density at radius 3 is 2.18 bits per heavy atom. The Balaban J connectivity index is 3.19. The summed E-state index contributed by atoms with van der Waals surface area (Å²) in [5.74, 6) is -2.14. The molecule has 0 N–H and O–H groups in total. The molecular weight excluding hydrogens is 156 g/mol. The first-order valence-corrected chi connectivity index (χ1v) is 2.62. The molecule has 57 valence electrons. The third-order valence-electron chi connectivity index (χ3n) is 0.999. The topological polar surface area (TPSA) is 43.1 Å². The molecule has 0 spiro atoms. The van der Waals surface area contributed by atoms with Crippen LogP contribution in [0, 0.1) is 27.8 Å².